The smallest absolute Gasteiger partial charge is 0.249 e. The molecule has 0 aliphatic carbocycles. The molecule has 6 rings (SSSR count). The van der Waals surface area contributed by atoms with Crippen molar-refractivity contribution in [2.45, 2.75) is 24.9 Å². The van der Waals surface area contributed by atoms with Gasteiger partial charge in [0.2, 0.25) is 5.95 Å². The lowest BCUT2D eigenvalue weighted by molar-refractivity contribution is 0.0657. The largest absolute Gasteiger partial charge is 0.381 e. The number of hydrogen-bond donors (Lipinski definition) is 2. The summed E-state index contributed by atoms with van der Waals surface area (Å²) >= 11 is 6.65. The van der Waals surface area contributed by atoms with E-state index in [4.69, 9.17) is 16.3 Å². The van der Waals surface area contributed by atoms with Crippen LogP contribution in [-0.2, 0) is 4.74 Å². The molecule has 0 amide bonds. The number of nitrogens with one attached hydrogen (secondary N) is 2. The minimum atomic E-state index is -1.24. The van der Waals surface area contributed by atoms with Gasteiger partial charge >= 0.3 is 0 Å². The van der Waals surface area contributed by atoms with Gasteiger partial charge in [-0.3, -0.25) is 4.98 Å². The second-order valence-electron chi connectivity index (χ2n) is 9.73. The summed E-state index contributed by atoms with van der Waals surface area (Å²) in [5.41, 5.74) is 2.79. The molecule has 5 aromatic rings. The summed E-state index contributed by atoms with van der Waals surface area (Å²) in [4.78, 5) is 7.74. The first-order valence-electron chi connectivity index (χ1n) is 13.0. The number of fused-ring (bicyclic) bond motifs is 1. The van der Waals surface area contributed by atoms with Crippen LogP contribution in [0.15, 0.2) is 61.1 Å². The summed E-state index contributed by atoms with van der Waals surface area (Å²) < 4.78 is 48.4. The molecule has 2 aromatic carbocycles. The van der Waals surface area contributed by atoms with Crippen LogP contribution >= 0.6 is 11.6 Å². The number of hydrogen-bond acceptors (Lipinski definition) is 8. The highest BCUT2D eigenvalue weighted by molar-refractivity contribution is 6.36. The Morgan fingerprint density at radius 2 is 1.81 bits per heavy atom. The minimum absolute atomic E-state index is 0.126. The minimum Gasteiger partial charge on any atom is -0.381 e. The summed E-state index contributed by atoms with van der Waals surface area (Å²) in [6.07, 6.45) is 5.94. The van der Waals surface area contributed by atoms with Gasteiger partial charge in [0.1, 0.15) is 17.6 Å². The normalized spacial score (nSPS) is 14.5. The number of anilines is 3. The molecule has 212 valence electrons. The van der Waals surface area contributed by atoms with E-state index in [1.807, 2.05) is 10.9 Å². The van der Waals surface area contributed by atoms with E-state index in [2.05, 4.69) is 37.0 Å². The van der Waals surface area contributed by atoms with E-state index in [0.717, 1.165) is 30.7 Å². The predicted octanol–water partition coefficient (Wildman–Crippen LogP) is 6.46. The van der Waals surface area contributed by atoms with Gasteiger partial charge in [0.05, 0.1) is 52.0 Å². The lowest BCUT2D eigenvalue weighted by atomic mass is 10.0. The zero-order valence-corrected chi connectivity index (χ0v) is 22.6. The summed E-state index contributed by atoms with van der Waals surface area (Å²) in [5.74, 6) is -2.77. The van der Waals surface area contributed by atoms with Gasteiger partial charge in [-0.1, -0.05) is 28.9 Å². The Hall–Kier alpha value is -4.73. The van der Waals surface area contributed by atoms with Gasteiger partial charge in [-0.15, -0.1) is 5.10 Å². The monoisotopic (exact) mass is 590 g/mol. The highest BCUT2D eigenvalue weighted by atomic mass is 35.5. The van der Waals surface area contributed by atoms with Crippen molar-refractivity contribution in [3.8, 4) is 6.07 Å². The van der Waals surface area contributed by atoms with Crippen molar-refractivity contribution in [2.24, 2.45) is 0 Å². The fourth-order valence-electron chi connectivity index (χ4n) is 4.90. The van der Waals surface area contributed by atoms with Crippen LogP contribution in [0.1, 0.15) is 41.7 Å². The molecule has 0 bridgehead atoms. The second kappa shape index (κ2) is 11.6. The first kappa shape index (κ1) is 27.4. The Morgan fingerprint density at radius 3 is 2.55 bits per heavy atom. The first-order chi connectivity index (χ1) is 20.4. The average Bonchev–Trinajstić information content (AvgIpc) is 3.49. The number of aromatic nitrogens is 5. The molecule has 1 atom stereocenters. The lowest BCUT2D eigenvalue weighted by Crippen LogP contribution is -2.20. The highest BCUT2D eigenvalue weighted by Gasteiger charge is 2.23. The van der Waals surface area contributed by atoms with E-state index >= 15 is 0 Å². The topological polar surface area (TPSA) is 114 Å². The molecule has 1 saturated heterocycles. The third-order valence-corrected chi connectivity index (χ3v) is 7.30. The Kier molecular flexibility index (Phi) is 7.60. The summed E-state index contributed by atoms with van der Waals surface area (Å²) in [7, 11) is 0. The Balaban J connectivity index is 1.41. The molecule has 0 saturated carbocycles. The second-order valence-corrected chi connectivity index (χ2v) is 10.1. The molecule has 4 heterocycles. The number of rotatable bonds is 7. The maximum Gasteiger partial charge on any atom is 0.249 e. The number of pyridine rings is 2. The van der Waals surface area contributed by atoms with Gasteiger partial charge in [0, 0.05) is 36.6 Å². The van der Waals surface area contributed by atoms with Crippen molar-refractivity contribution in [1.82, 2.24) is 25.0 Å². The van der Waals surface area contributed by atoms with Crippen LogP contribution in [0.25, 0.3) is 10.9 Å². The number of nitriles is 1. The zero-order valence-electron chi connectivity index (χ0n) is 21.9. The SMILES string of the molecule is N#Cc1cnc2c(Cl)cc(NC(c3ccc(F)cc3)c3cn(C4CCOCC4)nn3)cc2c1Nc1cnc(F)c(F)c1. The average molecular weight is 591 g/mol. The Labute approximate surface area is 242 Å². The van der Waals surface area contributed by atoms with Crippen molar-refractivity contribution in [1.29, 1.82) is 5.26 Å². The fraction of sp³-hybridized carbons (Fsp3) is 0.207. The van der Waals surface area contributed by atoms with E-state index in [-0.39, 0.29) is 33.8 Å². The fourth-order valence-corrected chi connectivity index (χ4v) is 5.17. The van der Waals surface area contributed by atoms with E-state index in [9.17, 15) is 18.4 Å². The molecule has 1 unspecified atom stereocenters. The summed E-state index contributed by atoms with van der Waals surface area (Å²) in [6, 6.07) is 12.0. The molecule has 42 heavy (non-hydrogen) atoms. The predicted molar refractivity (Wildman–Crippen MR) is 150 cm³/mol. The van der Waals surface area contributed by atoms with Crippen LogP contribution < -0.4 is 10.6 Å². The number of ether oxygens (including phenoxy) is 1. The quantitative estimate of drug-likeness (QED) is 0.208. The summed E-state index contributed by atoms with van der Waals surface area (Å²) in [5, 5.41) is 25.7. The van der Waals surface area contributed by atoms with Crippen molar-refractivity contribution in [3.63, 3.8) is 0 Å². The van der Waals surface area contributed by atoms with Gasteiger partial charge in [-0.2, -0.15) is 9.65 Å². The van der Waals surface area contributed by atoms with Gasteiger partial charge in [0.15, 0.2) is 5.82 Å². The summed E-state index contributed by atoms with van der Waals surface area (Å²) in [6.45, 7) is 1.29. The van der Waals surface area contributed by atoms with E-state index in [0.29, 0.717) is 35.5 Å². The molecule has 1 fully saturated rings. The van der Waals surface area contributed by atoms with Crippen molar-refractivity contribution in [3.05, 3.63) is 100 Å². The maximum atomic E-state index is 13.9. The van der Waals surface area contributed by atoms with E-state index in [1.165, 1.54) is 18.3 Å². The molecule has 9 nitrogen and oxygen atoms in total. The molecule has 0 spiro atoms. The van der Waals surface area contributed by atoms with Crippen LogP contribution in [0.3, 0.4) is 0 Å². The molecular weight excluding hydrogens is 569 g/mol. The van der Waals surface area contributed by atoms with Crippen LogP contribution in [0.2, 0.25) is 5.02 Å². The van der Waals surface area contributed by atoms with Crippen molar-refractivity contribution >= 4 is 39.6 Å². The maximum absolute atomic E-state index is 13.9. The van der Waals surface area contributed by atoms with E-state index in [1.54, 1.807) is 24.3 Å². The third-order valence-electron chi connectivity index (χ3n) is 7.01. The molecule has 1 aliphatic rings. The number of halogens is 4. The highest BCUT2D eigenvalue weighted by Crippen LogP contribution is 2.37. The number of benzene rings is 2. The van der Waals surface area contributed by atoms with E-state index < -0.39 is 17.8 Å². The molecule has 3 aromatic heterocycles. The number of nitrogens with zero attached hydrogens (tertiary/aromatic N) is 6. The third kappa shape index (κ3) is 5.57. The molecule has 1 aliphatic heterocycles. The van der Waals surface area contributed by atoms with Crippen molar-refractivity contribution < 1.29 is 17.9 Å². The van der Waals surface area contributed by atoms with Crippen LogP contribution in [0.4, 0.5) is 30.2 Å². The first-order valence-corrected chi connectivity index (χ1v) is 13.4. The zero-order chi connectivity index (χ0) is 29.2. The molecule has 0 radical (unpaired) electrons. The van der Waals surface area contributed by atoms with Crippen LogP contribution in [-0.4, -0.2) is 38.2 Å². The van der Waals surface area contributed by atoms with Gasteiger partial charge in [0.25, 0.3) is 0 Å². The van der Waals surface area contributed by atoms with Crippen LogP contribution in [0.5, 0.6) is 0 Å². The van der Waals surface area contributed by atoms with Crippen LogP contribution in [0, 0.1) is 28.9 Å². The van der Waals surface area contributed by atoms with Crippen molar-refractivity contribution in [2.75, 3.05) is 23.8 Å². The van der Waals surface area contributed by atoms with Gasteiger partial charge in [-0.25, -0.2) is 18.4 Å². The van der Waals surface area contributed by atoms with Gasteiger partial charge in [-0.05, 0) is 42.7 Å². The Morgan fingerprint density at radius 1 is 1.02 bits per heavy atom. The van der Waals surface area contributed by atoms with Gasteiger partial charge < -0.3 is 15.4 Å². The Bertz CT molecular complexity index is 1800. The standard InChI is InChI=1S/C29H22ClF3N8O/c30-23-10-19(9-22-26(17(12-34)13-35-28(22)23)38-20-11-24(32)29(33)36-14-20)37-27(16-1-3-18(31)4-2-16)25-15-41(40-39-25)21-5-7-42-8-6-21/h1-4,9-11,13-15,21,27,37H,5-8H2,(H,35,38). The lowest BCUT2D eigenvalue weighted by Gasteiger charge is -2.22. The molecule has 2 N–H and O–H groups in total. The molecular formula is C29H22ClF3N8O. The molecule has 13 heteroatoms.